The van der Waals surface area contributed by atoms with Gasteiger partial charge in [0.2, 0.25) is 17.7 Å². The third-order valence-corrected chi connectivity index (χ3v) is 8.38. The van der Waals surface area contributed by atoms with Gasteiger partial charge in [-0.3, -0.25) is 19.3 Å². The summed E-state index contributed by atoms with van der Waals surface area (Å²) in [7, 11) is 0. The number of halogens is 1. The topological polar surface area (TPSA) is 99.8 Å². The molecule has 9 heteroatoms. The van der Waals surface area contributed by atoms with Gasteiger partial charge in [-0.25, -0.2) is 4.39 Å². The number of fused-ring (bicyclic) bond motifs is 1. The number of hydrogen-bond acceptors (Lipinski definition) is 5. The number of piperidine rings is 1. The number of benzene rings is 1. The minimum Gasteiger partial charge on any atom is -0.381 e. The summed E-state index contributed by atoms with van der Waals surface area (Å²) in [6, 6.07) is 3.79. The van der Waals surface area contributed by atoms with Gasteiger partial charge in [0.15, 0.2) is 0 Å². The maximum absolute atomic E-state index is 13.8. The average molecular weight is 543 g/mol. The molecule has 1 aromatic rings. The fourth-order valence-corrected chi connectivity index (χ4v) is 5.88. The van der Waals surface area contributed by atoms with Crippen molar-refractivity contribution >= 4 is 23.4 Å². The number of hydrogen-bond donors (Lipinski definition) is 3. The predicted octanol–water partition coefficient (Wildman–Crippen LogP) is 3.56. The summed E-state index contributed by atoms with van der Waals surface area (Å²) in [5.41, 5.74) is 0.627. The molecule has 39 heavy (non-hydrogen) atoms. The van der Waals surface area contributed by atoms with E-state index in [4.69, 9.17) is 4.74 Å². The van der Waals surface area contributed by atoms with E-state index in [1.165, 1.54) is 12.1 Å². The Labute approximate surface area is 231 Å². The highest BCUT2D eigenvalue weighted by molar-refractivity contribution is 5.93. The van der Waals surface area contributed by atoms with Gasteiger partial charge >= 0.3 is 0 Å². The van der Waals surface area contributed by atoms with E-state index < -0.39 is 17.3 Å². The highest BCUT2D eigenvalue weighted by Crippen LogP contribution is 2.37. The Kier molecular flexibility index (Phi) is 9.77. The number of aryl methyl sites for hydroxylation is 1. The molecule has 0 radical (unpaired) electrons. The molecule has 0 bridgehead atoms. The number of amides is 3. The number of likely N-dealkylation sites (tertiary alicyclic amines) is 1. The van der Waals surface area contributed by atoms with Crippen LogP contribution in [0.1, 0.15) is 57.9 Å². The van der Waals surface area contributed by atoms with Gasteiger partial charge < -0.3 is 20.7 Å². The van der Waals surface area contributed by atoms with Gasteiger partial charge in [0.05, 0.1) is 18.6 Å². The van der Waals surface area contributed by atoms with E-state index in [1.807, 2.05) is 11.8 Å². The third-order valence-electron chi connectivity index (χ3n) is 8.38. The van der Waals surface area contributed by atoms with Gasteiger partial charge in [0.1, 0.15) is 11.9 Å². The molecule has 3 aliphatic rings. The van der Waals surface area contributed by atoms with Crippen LogP contribution in [0.4, 0.5) is 10.1 Å². The number of anilines is 1. The molecular formula is C30H43FN4O4. The molecule has 3 heterocycles. The van der Waals surface area contributed by atoms with Gasteiger partial charge in [0, 0.05) is 24.3 Å². The maximum Gasteiger partial charge on any atom is 0.242 e. The monoisotopic (exact) mass is 542 g/mol. The lowest BCUT2D eigenvalue weighted by molar-refractivity contribution is -0.138. The molecule has 3 aliphatic heterocycles. The number of allylic oxidation sites excluding steroid dienone is 2. The Bertz CT molecular complexity index is 1070. The summed E-state index contributed by atoms with van der Waals surface area (Å²) in [4.78, 5) is 41.9. The van der Waals surface area contributed by atoms with Crippen LogP contribution in [0.3, 0.4) is 0 Å². The van der Waals surface area contributed by atoms with Crippen molar-refractivity contribution in [2.45, 2.75) is 71.4 Å². The first kappa shape index (κ1) is 29.2. The van der Waals surface area contributed by atoms with E-state index in [2.05, 4.69) is 41.9 Å². The minimum absolute atomic E-state index is 0.0430. The molecule has 0 saturated carbocycles. The molecule has 3 amide bonds. The predicted molar refractivity (Wildman–Crippen MR) is 148 cm³/mol. The van der Waals surface area contributed by atoms with Gasteiger partial charge in [-0.1, -0.05) is 32.1 Å². The van der Waals surface area contributed by atoms with E-state index in [-0.39, 0.29) is 42.1 Å². The lowest BCUT2D eigenvalue weighted by Gasteiger charge is -2.41. The molecule has 4 rings (SSSR count). The second-order valence-corrected chi connectivity index (χ2v) is 11.9. The lowest BCUT2D eigenvalue weighted by Crippen LogP contribution is -2.57. The van der Waals surface area contributed by atoms with Gasteiger partial charge in [-0.15, -0.1) is 0 Å². The molecule has 0 aromatic heterocycles. The Morgan fingerprint density at radius 2 is 1.97 bits per heavy atom. The van der Waals surface area contributed by atoms with Gasteiger partial charge in [-0.05, 0) is 82.2 Å². The largest absolute Gasteiger partial charge is 0.381 e. The van der Waals surface area contributed by atoms with E-state index in [0.29, 0.717) is 57.7 Å². The molecule has 0 aliphatic carbocycles. The zero-order valence-corrected chi connectivity index (χ0v) is 23.4. The van der Waals surface area contributed by atoms with E-state index >= 15 is 0 Å². The summed E-state index contributed by atoms with van der Waals surface area (Å²) in [6.07, 6.45) is 8.14. The van der Waals surface area contributed by atoms with E-state index in [1.54, 1.807) is 6.07 Å². The van der Waals surface area contributed by atoms with Crippen molar-refractivity contribution in [1.29, 1.82) is 0 Å². The second kappa shape index (κ2) is 13.0. The van der Waals surface area contributed by atoms with Crippen LogP contribution in [0.15, 0.2) is 30.4 Å². The number of carbonyl (C=O) groups is 3. The van der Waals surface area contributed by atoms with Crippen LogP contribution >= 0.6 is 0 Å². The second-order valence-electron chi connectivity index (χ2n) is 11.9. The molecule has 2 fully saturated rings. The fraction of sp³-hybridized carbons (Fsp3) is 0.633. The van der Waals surface area contributed by atoms with Crippen molar-refractivity contribution in [3.05, 3.63) is 41.7 Å². The zero-order chi connectivity index (χ0) is 28.0. The van der Waals surface area contributed by atoms with Crippen molar-refractivity contribution in [1.82, 2.24) is 15.5 Å². The molecule has 1 spiro atoms. The van der Waals surface area contributed by atoms with E-state index in [9.17, 15) is 18.8 Å². The molecule has 8 nitrogen and oxygen atoms in total. The minimum atomic E-state index is -0.639. The highest BCUT2D eigenvalue weighted by atomic mass is 19.1. The summed E-state index contributed by atoms with van der Waals surface area (Å²) in [5, 5.41) is 9.15. The van der Waals surface area contributed by atoms with Crippen LogP contribution in [-0.2, 0) is 19.1 Å². The Morgan fingerprint density at radius 3 is 2.72 bits per heavy atom. The molecule has 214 valence electrons. The van der Waals surface area contributed by atoms with Crippen molar-refractivity contribution in [3.63, 3.8) is 0 Å². The molecule has 2 saturated heterocycles. The van der Waals surface area contributed by atoms with Crippen LogP contribution in [-0.4, -0.2) is 67.6 Å². The lowest BCUT2D eigenvalue weighted by atomic mass is 9.74. The smallest absolute Gasteiger partial charge is 0.242 e. The summed E-state index contributed by atoms with van der Waals surface area (Å²) in [6.45, 7) is 8.52. The van der Waals surface area contributed by atoms with Crippen LogP contribution in [0, 0.1) is 30.0 Å². The summed E-state index contributed by atoms with van der Waals surface area (Å²) >= 11 is 0. The van der Waals surface area contributed by atoms with Crippen LogP contribution in [0.2, 0.25) is 0 Å². The SMILES string of the molecule is Cc1ccc(F)cc1NC(=O)CN1CCC2(C/C=C\C[C@@H]3COCC[C@@H]3NC(=O)[C@@H](CC(C)C)NC2=O)CC1. The Hall–Kier alpha value is -2.78. The fourth-order valence-electron chi connectivity index (χ4n) is 5.88. The molecule has 0 unspecified atom stereocenters. The highest BCUT2D eigenvalue weighted by Gasteiger charge is 2.42. The first-order valence-corrected chi connectivity index (χ1v) is 14.3. The van der Waals surface area contributed by atoms with Crippen LogP contribution in [0.5, 0.6) is 0 Å². The molecule has 1 aromatic carbocycles. The number of carbonyl (C=O) groups excluding carboxylic acids is 3. The van der Waals surface area contributed by atoms with Crippen LogP contribution < -0.4 is 16.0 Å². The molecule has 3 N–H and O–H groups in total. The number of ether oxygens (including phenoxy) is 1. The quantitative estimate of drug-likeness (QED) is 0.494. The zero-order valence-electron chi connectivity index (χ0n) is 23.4. The number of rotatable bonds is 5. The molecular weight excluding hydrogens is 499 g/mol. The summed E-state index contributed by atoms with van der Waals surface area (Å²) < 4.78 is 19.3. The van der Waals surface area contributed by atoms with E-state index in [0.717, 1.165) is 18.4 Å². The molecule has 3 atom stereocenters. The Morgan fingerprint density at radius 1 is 1.21 bits per heavy atom. The number of nitrogens with one attached hydrogen (secondary N) is 3. The van der Waals surface area contributed by atoms with Crippen LogP contribution in [0.25, 0.3) is 0 Å². The normalized spacial score (nSPS) is 27.1. The van der Waals surface area contributed by atoms with Gasteiger partial charge in [0.25, 0.3) is 0 Å². The van der Waals surface area contributed by atoms with Gasteiger partial charge in [-0.2, -0.15) is 0 Å². The van der Waals surface area contributed by atoms with Crippen molar-refractivity contribution in [2.24, 2.45) is 17.3 Å². The first-order valence-electron chi connectivity index (χ1n) is 14.3. The van der Waals surface area contributed by atoms with Crippen molar-refractivity contribution in [3.8, 4) is 0 Å². The Balaban J connectivity index is 1.44. The average Bonchev–Trinajstić information content (AvgIpc) is 2.89. The standard InChI is InChI=1S/C30H43FN4O4/c1-20(2)16-26-28(37)33-24-9-15-39-19-22(24)6-4-5-10-30(29(38)34-26)11-13-35(14-12-30)18-27(36)32-25-17-23(31)8-7-21(25)3/h4-5,7-8,17,20,22,24,26H,6,9-16,18-19H2,1-3H3,(H,32,36)(H,33,37)(H,34,38)/b5-4-/t22-,24+,26-/m1/s1. The van der Waals surface area contributed by atoms with Crippen molar-refractivity contribution in [2.75, 3.05) is 38.2 Å². The number of nitrogens with zero attached hydrogens (tertiary/aromatic N) is 1. The first-order chi connectivity index (χ1) is 18.6. The summed E-state index contributed by atoms with van der Waals surface area (Å²) in [5.74, 6) is -0.342. The third kappa shape index (κ3) is 7.66. The maximum atomic E-state index is 13.8. The van der Waals surface area contributed by atoms with Crippen molar-refractivity contribution < 1.29 is 23.5 Å².